The maximum absolute atomic E-state index is 12.5. The van der Waals surface area contributed by atoms with Crippen LogP contribution in [0.25, 0.3) is 22.4 Å². The van der Waals surface area contributed by atoms with Gasteiger partial charge in [-0.2, -0.15) is 5.10 Å². The molecule has 4 rings (SSSR count). The molecule has 3 aromatic carbocycles. The summed E-state index contributed by atoms with van der Waals surface area (Å²) in [4.78, 5) is 24.9. The molecule has 0 amide bonds. The molecular formula is C25H20N2O4. The van der Waals surface area contributed by atoms with E-state index in [0.29, 0.717) is 45.0 Å². The highest BCUT2D eigenvalue weighted by atomic mass is 16.5. The fourth-order valence-corrected chi connectivity index (χ4v) is 3.42. The molecule has 0 atom stereocenters. The highest BCUT2D eigenvalue weighted by molar-refractivity contribution is 6.00. The molecule has 154 valence electrons. The maximum Gasteiger partial charge on any atom is 0.338 e. The molecule has 1 N–H and O–H groups in total. The van der Waals surface area contributed by atoms with Gasteiger partial charge in [-0.05, 0) is 42.8 Å². The van der Waals surface area contributed by atoms with Crippen LogP contribution in [0.1, 0.15) is 15.9 Å². The predicted octanol–water partition coefficient (Wildman–Crippen LogP) is 4.99. The number of esters is 1. The Kier molecular flexibility index (Phi) is 5.62. The van der Waals surface area contributed by atoms with E-state index in [1.165, 1.54) is 7.11 Å². The zero-order valence-corrected chi connectivity index (χ0v) is 17.1. The molecule has 4 aromatic rings. The van der Waals surface area contributed by atoms with E-state index in [1.807, 2.05) is 54.6 Å². The summed E-state index contributed by atoms with van der Waals surface area (Å²) in [5.41, 5.74) is 2.75. The number of carbonyl (C=O) groups is 1. The Labute approximate surface area is 179 Å². The molecule has 0 unspecified atom stereocenters. The standard InChI is InChI=1S/C25H20N2O4/c1-16-22(18-12-6-7-13-19(18)25(29)30-2)23(26-27-24(16)28)20-14-8-9-15-21(20)31-17-10-4-3-5-11-17/h3-15H,1-2H3,(H,27,28). The van der Waals surface area contributed by atoms with E-state index in [0.717, 1.165) is 0 Å². The monoisotopic (exact) mass is 412 g/mol. The second-order valence-electron chi connectivity index (χ2n) is 6.85. The molecule has 31 heavy (non-hydrogen) atoms. The minimum absolute atomic E-state index is 0.333. The number of H-pyrrole nitrogens is 1. The number of benzene rings is 3. The van der Waals surface area contributed by atoms with Crippen molar-refractivity contribution < 1.29 is 14.3 Å². The predicted molar refractivity (Wildman–Crippen MR) is 118 cm³/mol. The lowest BCUT2D eigenvalue weighted by Crippen LogP contribution is -2.15. The Morgan fingerprint density at radius 3 is 2.26 bits per heavy atom. The average molecular weight is 412 g/mol. The summed E-state index contributed by atoms with van der Waals surface area (Å²) in [6, 6.07) is 23.8. The van der Waals surface area contributed by atoms with Gasteiger partial charge in [0.05, 0.1) is 12.7 Å². The third-order valence-electron chi connectivity index (χ3n) is 4.94. The van der Waals surface area contributed by atoms with Crippen molar-refractivity contribution in [2.24, 2.45) is 0 Å². The summed E-state index contributed by atoms with van der Waals surface area (Å²) in [5, 5.41) is 6.90. The van der Waals surface area contributed by atoms with Crippen molar-refractivity contribution in [2.75, 3.05) is 7.11 Å². The highest BCUT2D eigenvalue weighted by Crippen LogP contribution is 2.39. The van der Waals surface area contributed by atoms with Gasteiger partial charge in [0, 0.05) is 16.7 Å². The second kappa shape index (κ2) is 8.67. The first-order valence-electron chi connectivity index (χ1n) is 9.69. The van der Waals surface area contributed by atoms with Gasteiger partial charge < -0.3 is 9.47 Å². The number of hydrogen-bond donors (Lipinski definition) is 1. The van der Waals surface area contributed by atoms with Crippen molar-refractivity contribution in [3.05, 3.63) is 100 Å². The maximum atomic E-state index is 12.5. The van der Waals surface area contributed by atoms with E-state index >= 15 is 0 Å². The molecule has 1 heterocycles. The van der Waals surface area contributed by atoms with Gasteiger partial charge in [-0.3, -0.25) is 4.79 Å². The summed E-state index contributed by atoms with van der Waals surface area (Å²) in [6.07, 6.45) is 0. The van der Waals surface area contributed by atoms with E-state index in [1.54, 1.807) is 31.2 Å². The fraction of sp³-hybridized carbons (Fsp3) is 0.0800. The molecule has 0 aliphatic rings. The van der Waals surface area contributed by atoms with E-state index in [4.69, 9.17) is 9.47 Å². The number of methoxy groups -OCH3 is 1. The van der Waals surface area contributed by atoms with Gasteiger partial charge in [0.15, 0.2) is 0 Å². The van der Waals surface area contributed by atoms with Gasteiger partial charge in [0.2, 0.25) is 0 Å². The molecule has 0 spiro atoms. The topological polar surface area (TPSA) is 81.3 Å². The van der Waals surface area contributed by atoms with Crippen LogP contribution >= 0.6 is 0 Å². The van der Waals surface area contributed by atoms with E-state index < -0.39 is 5.97 Å². The largest absolute Gasteiger partial charge is 0.465 e. The molecule has 0 aliphatic carbocycles. The number of rotatable bonds is 5. The first-order chi connectivity index (χ1) is 15.1. The molecule has 0 saturated heterocycles. The molecule has 0 bridgehead atoms. The van der Waals surface area contributed by atoms with Crippen LogP contribution in [-0.2, 0) is 4.74 Å². The molecule has 6 nitrogen and oxygen atoms in total. The molecule has 0 fully saturated rings. The Morgan fingerprint density at radius 1 is 0.871 bits per heavy atom. The van der Waals surface area contributed by atoms with Gasteiger partial charge in [-0.15, -0.1) is 0 Å². The van der Waals surface area contributed by atoms with Crippen LogP contribution in [0, 0.1) is 6.92 Å². The van der Waals surface area contributed by atoms with E-state index in [2.05, 4.69) is 10.2 Å². The third kappa shape index (κ3) is 3.96. The lowest BCUT2D eigenvalue weighted by atomic mass is 9.92. The minimum Gasteiger partial charge on any atom is -0.465 e. The smallest absolute Gasteiger partial charge is 0.338 e. The first kappa shape index (κ1) is 20.1. The Hall–Kier alpha value is -4.19. The van der Waals surface area contributed by atoms with E-state index in [-0.39, 0.29) is 5.56 Å². The summed E-state index contributed by atoms with van der Waals surface area (Å²) in [6.45, 7) is 1.70. The minimum atomic E-state index is -0.491. The molecule has 0 saturated carbocycles. The first-order valence-corrected chi connectivity index (χ1v) is 9.69. The van der Waals surface area contributed by atoms with Gasteiger partial charge in [0.25, 0.3) is 5.56 Å². The van der Waals surface area contributed by atoms with Crippen LogP contribution in [0.4, 0.5) is 0 Å². The summed E-state index contributed by atoms with van der Waals surface area (Å²) >= 11 is 0. The van der Waals surface area contributed by atoms with Crippen LogP contribution < -0.4 is 10.3 Å². The number of aromatic nitrogens is 2. The van der Waals surface area contributed by atoms with Crippen LogP contribution in [0.2, 0.25) is 0 Å². The van der Waals surface area contributed by atoms with Crippen molar-refractivity contribution in [3.63, 3.8) is 0 Å². The van der Waals surface area contributed by atoms with Crippen molar-refractivity contribution in [1.82, 2.24) is 10.2 Å². The average Bonchev–Trinajstić information content (AvgIpc) is 2.81. The van der Waals surface area contributed by atoms with Gasteiger partial charge in [-0.1, -0.05) is 48.5 Å². The van der Waals surface area contributed by atoms with Gasteiger partial charge in [-0.25, -0.2) is 9.89 Å². The third-order valence-corrected chi connectivity index (χ3v) is 4.94. The van der Waals surface area contributed by atoms with Crippen LogP contribution in [0.15, 0.2) is 83.7 Å². The van der Waals surface area contributed by atoms with Crippen molar-refractivity contribution in [3.8, 4) is 33.9 Å². The van der Waals surface area contributed by atoms with Gasteiger partial charge in [0.1, 0.15) is 17.2 Å². The summed E-state index contributed by atoms with van der Waals surface area (Å²) in [7, 11) is 1.33. The summed E-state index contributed by atoms with van der Waals surface area (Å²) in [5.74, 6) is 0.757. The Bertz CT molecular complexity index is 1300. The lowest BCUT2D eigenvalue weighted by Gasteiger charge is -2.16. The number of carbonyl (C=O) groups excluding carboxylic acids is 1. The molecule has 6 heteroatoms. The van der Waals surface area contributed by atoms with Crippen LogP contribution in [0.3, 0.4) is 0 Å². The van der Waals surface area contributed by atoms with Crippen molar-refractivity contribution >= 4 is 5.97 Å². The van der Waals surface area contributed by atoms with Gasteiger partial charge >= 0.3 is 5.97 Å². The van der Waals surface area contributed by atoms with Crippen molar-refractivity contribution in [2.45, 2.75) is 6.92 Å². The Balaban J connectivity index is 1.95. The van der Waals surface area contributed by atoms with Crippen molar-refractivity contribution in [1.29, 1.82) is 0 Å². The number of ether oxygens (including phenoxy) is 2. The second-order valence-corrected chi connectivity index (χ2v) is 6.85. The quantitative estimate of drug-likeness (QED) is 0.467. The fourth-order valence-electron chi connectivity index (χ4n) is 3.42. The zero-order valence-electron chi connectivity index (χ0n) is 17.1. The summed E-state index contributed by atoms with van der Waals surface area (Å²) < 4.78 is 11.0. The number of nitrogens with one attached hydrogen (secondary N) is 1. The van der Waals surface area contributed by atoms with Crippen LogP contribution in [0.5, 0.6) is 11.5 Å². The lowest BCUT2D eigenvalue weighted by molar-refractivity contribution is 0.0601. The van der Waals surface area contributed by atoms with E-state index in [9.17, 15) is 9.59 Å². The number of aromatic amines is 1. The molecular weight excluding hydrogens is 392 g/mol. The molecule has 0 aliphatic heterocycles. The SMILES string of the molecule is COC(=O)c1ccccc1-c1c(-c2ccccc2Oc2ccccc2)n[nH]c(=O)c1C. The zero-order chi connectivity index (χ0) is 21.8. The van der Waals surface area contributed by atoms with Crippen LogP contribution in [-0.4, -0.2) is 23.3 Å². The highest BCUT2D eigenvalue weighted by Gasteiger charge is 2.22. The number of hydrogen-bond acceptors (Lipinski definition) is 5. The molecule has 1 aromatic heterocycles. The Morgan fingerprint density at radius 2 is 1.52 bits per heavy atom. The number of nitrogens with zero attached hydrogens (tertiary/aromatic N) is 1. The number of para-hydroxylation sites is 2. The normalized spacial score (nSPS) is 10.5. The molecule has 0 radical (unpaired) electrons.